The average molecular weight is 228 g/mol. The van der Waals surface area contributed by atoms with Crippen molar-refractivity contribution in [3.63, 3.8) is 0 Å². The first-order valence-corrected chi connectivity index (χ1v) is 5.91. The van der Waals surface area contributed by atoms with Crippen molar-refractivity contribution in [2.75, 3.05) is 33.3 Å². The van der Waals surface area contributed by atoms with E-state index in [1.807, 2.05) is 0 Å². The topological polar surface area (TPSA) is 61.8 Å². The van der Waals surface area contributed by atoms with E-state index in [4.69, 9.17) is 4.74 Å². The van der Waals surface area contributed by atoms with E-state index >= 15 is 0 Å². The minimum Gasteiger partial charge on any atom is -0.480 e. The lowest BCUT2D eigenvalue weighted by atomic mass is 9.72. The van der Waals surface area contributed by atoms with Crippen molar-refractivity contribution in [3.05, 3.63) is 0 Å². The SMILES string of the molecule is COC1CC(C(=O)O)(N2CCCNCC2)C1. The molecule has 0 atom stereocenters. The van der Waals surface area contributed by atoms with Crippen molar-refractivity contribution in [2.24, 2.45) is 0 Å². The van der Waals surface area contributed by atoms with Crippen LogP contribution >= 0.6 is 0 Å². The normalized spacial score (nSPS) is 36.4. The Balaban J connectivity index is 2.04. The summed E-state index contributed by atoms with van der Waals surface area (Å²) in [6.45, 7) is 3.56. The maximum absolute atomic E-state index is 11.5. The molecule has 1 aliphatic heterocycles. The van der Waals surface area contributed by atoms with Gasteiger partial charge in [0, 0.05) is 39.6 Å². The van der Waals surface area contributed by atoms with Crippen LogP contribution < -0.4 is 5.32 Å². The number of nitrogens with zero attached hydrogens (tertiary/aromatic N) is 1. The van der Waals surface area contributed by atoms with E-state index in [1.165, 1.54) is 0 Å². The number of nitrogens with one attached hydrogen (secondary N) is 1. The zero-order valence-corrected chi connectivity index (χ0v) is 9.74. The lowest BCUT2D eigenvalue weighted by Gasteiger charge is -2.50. The Morgan fingerprint density at radius 2 is 2.19 bits per heavy atom. The first kappa shape index (κ1) is 11.8. The van der Waals surface area contributed by atoms with Crippen LogP contribution in [0.1, 0.15) is 19.3 Å². The van der Waals surface area contributed by atoms with Crippen molar-refractivity contribution in [1.82, 2.24) is 10.2 Å². The molecule has 1 aliphatic carbocycles. The quantitative estimate of drug-likeness (QED) is 0.707. The van der Waals surface area contributed by atoms with Gasteiger partial charge in [-0.1, -0.05) is 0 Å². The molecule has 0 spiro atoms. The third kappa shape index (κ3) is 1.95. The number of ether oxygens (including phenoxy) is 1. The first-order valence-electron chi connectivity index (χ1n) is 5.91. The zero-order chi connectivity index (χ0) is 11.6. The van der Waals surface area contributed by atoms with E-state index in [1.54, 1.807) is 7.11 Å². The van der Waals surface area contributed by atoms with E-state index in [0.29, 0.717) is 12.8 Å². The largest absolute Gasteiger partial charge is 0.480 e. The predicted molar refractivity (Wildman–Crippen MR) is 59.5 cm³/mol. The van der Waals surface area contributed by atoms with Crippen molar-refractivity contribution in [2.45, 2.75) is 30.9 Å². The van der Waals surface area contributed by atoms with Crippen LogP contribution in [-0.2, 0) is 9.53 Å². The number of methoxy groups -OCH3 is 1. The van der Waals surface area contributed by atoms with E-state index in [9.17, 15) is 9.90 Å². The molecule has 0 amide bonds. The molecule has 0 aromatic rings. The monoisotopic (exact) mass is 228 g/mol. The molecule has 5 nitrogen and oxygen atoms in total. The number of rotatable bonds is 3. The second kappa shape index (κ2) is 4.69. The minimum atomic E-state index is -0.692. The van der Waals surface area contributed by atoms with Crippen molar-refractivity contribution < 1.29 is 14.6 Å². The summed E-state index contributed by atoms with van der Waals surface area (Å²) in [6.07, 6.45) is 2.39. The fourth-order valence-electron chi connectivity index (χ4n) is 2.70. The summed E-state index contributed by atoms with van der Waals surface area (Å²) in [6, 6.07) is 0. The van der Waals surface area contributed by atoms with Crippen LogP contribution in [0.5, 0.6) is 0 Å². The van der Waals surface area contributed by atoms with Gasteiger partial charge >= 0.3 is 5.97 Å². The Labute approximate surface area is 95.8 Å². The summed E-state index contributed by atoms with van der Waals surface area (Å²) >= 11 is 0. The molecule has 2 aliphatic rings. The van der Waals surface area contributed by atoms with Gasteiger partial charge in [0.1, 0.15) is 5.54 Å². The highest BCUT2D eigenvalue weighted by atomic mass is 16.5. The maximum atomic E-state index is 11.5. The summed E-state index contributed by atoms with van der Waals surface area (Å²) in [7, 11) is 1.65. The third-order valence-electron chi connectivity index (χ3n) is 3.81. The highest BCUT2D eigenvalue weighted by Gasteiger charge is 2.54. The van der Waals surface area contributed by atoms with Crippen LogP contribution in [0.2, 0.25) is 0 Å². The van der Waals surface area contributed by atoms with Gasteiger partial charge < -0.3 is 15.2 Å². The number of aliphatic carboxylic acids is 1. The maximum Gasteiger partial charge on any atom is 0.324 e. The Kier molecular flexibility index (Phi) is 3.47. The summed E-state index contributed by atoms with van der Waals surface area (Å²) < 4.78 is 5.21. The van der Waals surface area contributed by atoms with Gasteiger partial charge in [0.2, 0.25) is 0 Å². The zero-order valence-electron chi connectivity index (χ0n) is 9.74. The summed E-state index contributed by atoms with van der Waals surface area (Å²) in [5, 5.41) is 12.7. The van der Waals surface area contributed by atoms with Gasteiger partial charge in [-0.25, -0.2) is 0 Å². The Morgan fingerprint density at radius 1 is 1.44 bits per heavy atom. The van der Waals surface area contributed by atoms with Crippen molar-refractivity contribution in [1.29, 1.82) is 0 Å². The molecule has 0 bridgehead atoms. The molecular formula is C11H20N2O3. The molecule has 92 valence electrons. The number of carboxylic acids is 1. The first-order chi connectivity index (χ1) is 7.69. The lowest BCUT2D eigenvalue weighted by molar-refractivity contribution is -0.170. The molecule has 1 heterocycles. The number of hydrogen-bond donors (Lipinski definition) is 2. The molecule has 0 aromatic heterocycles. The molecule has 2 fully saturated rings. The highest BCUT2D eigenvalue weighted by Crippen LogP contribution is 2.40. The lowest BCUT2D eigenvalue weighted by Crippen LogP contribution is -2.65. The third-order valence-corrected chi connectivity index (χ3v) is 3.81. The van der Waals surface area contributed by atoms with Gasteiger partial charge in [0.25, 0.3) is 0 Å². The van der Waals surface area contributed by atoms with E-state index in [0.717, 1.165) is 32.6 Å². The van der Waals surface area contributed by atoms with Crippen LogP contribution in [0.25, 0.3) is 0 Å². The Bertz CT molecular complexity index is 256. The molecule has 2 rings (SSSR count). The Hall–Kier alpha value is -0.650. The van der Waals surface area contributed by atoms with Crippen LogP contribution in [0.4, 0.5) is 0 Å². The van der Waals surface area contributed by atoms with E-state index in [2.05, 4.69) is 10.2 Å². The van der Waals surface area contributed by atoms with Crippen molar-refractivity contribution >= 4 is 5.97 Å². The van der Waals surface area contributed by atoms with Crippen LogP contribution in [0.15, 0.2) is 0 Å². The Morgan fingerprint density at radius 3 is 2.81 bits per heavy atom. The standard InChI is InChI=1S/C11H20N2O3/c1-16-9-7-11(8-9,10(14)15)13-5-2-3-12-4-6-13/h9,12H,2-8H2,1H3,(H,14,15). The summed E-state index contributed by atoms with van der Waals surface area (Å²) in [4.78, 5) is 13.6. The minimum absolute atomic E-state index is 0.118. The van der Waals surface area contributed by atoms with Crippen molar-refractivity contribution in [3.8, 4) is 0 Å². The number of hydrogen-bond acceptors (Lipinski definition) is 4. The highest BCUT2D eigenvalue weighted by molar-refractivity contribution is 5.80. The van der Waals surface area contributed by atoms with Crippen LogP contribution in [0, 0.1) is 0 Å². The molecule has 0 radical (unpaired) electrons. The van der Waals surface area contributed by atoms with Gasteiger partial charge in [0.15, 0.2) is 0 Å². The summed E-state index contributed by atoms with van der Waals surface area (Å²) in [5.74, 6) is -0.692. The molecule has 5 heteroatoms. The molecule has 2 N–H and O–H groups in total. The number of carbonyl (C=O) groups is 1. The smallest absolute Gasteiger partial charge is 0.324 e. The molecule has 1 saturated carbocycles. The molecule has 0 aromatic carbocycles. The second-order valence-electron chi connectivity index (χ2n) is 4.69. The second-order valence-corrected chi connectivity index (χ2v) is 4.69. The average Bonchev–Trinajstić information content (AvgIpc) is 2.45. The van der Waals surface area contributed by atoms with Gasteiger partial charge in [-0.05, 0) is 13.0 Å². The molecule has 0 unspecified atom stereocenters. The van der Waals surface area contributed by atoms with Crippen LogP contribution in [-0.4, -0.2) is 60.9 Å². The van der Waals surface area contributed by atoms with Crippen LogP contribution in [0.3, 0.4) is 0 Å². The fraction of sp³-hybridized carbons (Fsp3) is 0.909. The van der Waals surface area contributed by atoms with Gasteiger partial charge in [-0.2, -0.15) is 0 Å². The van der Waals surface area contributed by atoms with Gasteiger partial charge in [0.05, 0.1) is 6.10 Å². The van der Waals surface area contributed by atoms with E-state index < -0.39 is 11.5 Å². The van der Waals surface area contributed by atoms with Gasteiger partial charge in [-0.15, -0.1) is 0 Å². The van der Waals surface area contributed by atoms with Gasteiger partial charge in [-0.3, -0.25) is 9.69 Å². The van der Waals surface area contributed by atoms with E-state index in [-0.39, 0.29) is 6.10 Å². The fourth-order valence-corrected chi connectivity index (χ4v) is 2.70. The predicted octanol–water partition coefficient (Wildman–Crippen LogP) is -0.0861. The molecular weight excluding hydrogens is 208 g/mol. The molecule has 16 heavy (non-hydrogen) atoms. The number of carboxylic acid groups (broad SMARTS) is 1. The molecule has 1 saturated heterocycles. The summed E-state index contributed by atoms with van der Waals surface area (Å²) in [5.41, 5.74) is -0.660.